The molecule has 0 aliphatic heterocycles. The topological polar surface area (TPSA) is 48.3 Å². The highest BCUT2D eigenvalue weighted by atomic mass is 19.1. The number of hydrogen-bond acceptors (Lipinski definition) is 4. The summed E-state index contributed by atoms with van der Waals surface area (Å²) in [6.07, 6.45) is 1.70. The number of halogens is 2. The van der Waals surface area contributed by atoms with Crippen molar-refractivity contribution in [3.05, 3.63) is 71.1 Å². The van der Waals surface area contributed by atoms with Crippen LogP contribution < -0.4 is 14.8 Å². The Morgan fingerprint density at radius 3 is 2.62 bits per heavy atom. The molecule has 0 saturated heterocycles. The zero-order valence-corrected chi connectivity index (χ0v) is 17.0. The predicted octanol–water partition coefficient (Wildman–Crippen LogP) is 4.72. The average molecular weight is 401 g/mol. The zero-order valence-electron chi connectivity index (χ0n) is 17.0. The number of nitrogens with zero attached hydrogens (tertiary/aromatic N) is 2. The third kappa shape index (κ3) is 4.56. The van der Waals surface area contributed by atoms with Gasteiger partial charge in [-0.2, -0.15) is 5.10 Å². The number of rotatable bonds is 8. The largest absolute Gasteiger partial charge is 0.493 e. The van der Waals surface area contributed by atoms with Gasteiger partial charge in [-0.1, -0.05) is 6.07 Å². The van der Waals surface area contributed by atoms with Crippen molar-refractivity contribution in [1.82, 2.24) is 15.1 Å². The molecular formula is C22H25F2N3O2. The molecule has 2 aromatic carbocycles. The van der Waals surface area contributed by atoms with Crippen molar-refractivity contribution >= 4 is 0 Å². The van der Waals surface area contributed by atoms with Gasteiger partial charge in [-0.05, 0) is 50.6 Å². The Kier molecular flexibility index (Phi) is 6.49. The van der Waals surface area contributed by atoms with Crippen LogP contribution in [0.25, 0.3) is 5.69 Å². The maximum atomic E-state index is 14.1. The zero-order chi connectivity index (χ0) is 21.0. The molecule has 7 heteroatoms. The van der Waals surface area contributed by atoms with Crippen molar-refractivity contribution < 1.29 is 18.3 Å². The van der Waals surface area contributed by atoms with Crippen LogP contribution in [0, 0.1) is 18.6 Å². The number of nitrogens with one attached hydrogen (secondary N) is 1. The van der Waals surface area contributed by atoms with Crippen LogP contribution in [0.2, 0.25) is 0 Å². The second-order valence-electron chi connectivity index (χ2n) is 6.71. The van der Waals surface area contributed by atoms with E-state index < -0.39 is 11.6 Å². The first-order chi connectivity index (χ1) is 13.9. The average Bonchev–Trinajstić information content (AvgIpc) is 3.08. The van der Waals surface area contributed by atoms with Crippen molar-refractivity contribution in [2.45, 2.75) is 33.4 Å². The fourth-order valence-corrected chi connectivity index (χ4v) is 3.22. The molecule has 0 fully saturated rings. The van der Waals surface area contributed by atoms with Crippen molar-refractivity contribution in [3.63, 3.8) is 0 Å². The molecule has 0 bridgehead atoms. The minimum Gasteiger partial charge on any atom is -0.493 e. The molecule has 29 heavy (non-hydrogen) atoms. The van der Waals surface area contributed by atoms with Crippen molar-refractivity contribution in [1.29, 1.82) is 0 Å². The Morgan fingerprint density at radius 2 is 1.93 bits per heavy atom. The van der Waals surface area contributed by atoms with Gasteiger partial charge in [-0.3, -0.25) is 0 Å². The molecule has 0 radical (unpaired) electrons. The van der Waals surface area contributed by atoms with Gasteiger partial charge in [0.1, 0.15) is 11.5 Å². The molecule has 0 aliphatic rings. The summed E-state index contributed by atoms with van der Waals surface area (Å²) < 4.78 is 39.7. The maximum Gasteiger partial charge on any atom is 0.161 e. The van der Waals surface area contributed by atoms with Gasteiger partial charge in [-0.25, -0.2) is 13.5 Å². The van der Waals surface area contributed by atoms with E-state index in [4.69, 9.17) is 9.47 Å². The lowest BCUT2D eigenvalue weighted by Gasteiger charge is -2.16. The molecule has 0 amide bonds. The highest BCUT2D eigenvalue weighted by molar-refractivity contribution is 5.43. The molecule has 1 aromatic heterocycles. The van der Waals surface area contributed by atoms with E-state index in [0.717, 1.165) is 22.9 Å². The fourth-order valence-electron chi connectivity index (χ4n) is 3.22. The summed E-state index contributed by atoms with van der Waals surface area (Å²) in [5.74, 6) is 0.141. The second kappa shape index (κ2) is 9.05. The number of methoxy groups -OCH3 is 1. The van der Waals surface area contributed by atoms with E-state index >= 15 is 0 Å². The molecule has 5 nitrogen and oxygen atoms in total. The van der Waals surface area contributed by atoms with Crippen molar-refractivity contribution in [2.24, 2.45) is 0 Å². The SMILES string of the molecule is CCOc1cc(CN[C@H](C)c2cnn(-c3ccc(F)cc3F)c2C)ccc1OC. The van der Waals surface area contributed by atoms with Gasteiger partial charge in [0, 0.05) is 29.9 Å². The molecule has 0 spiro atoms. The number of ether oxygens (including phenoxy) is 2. The number of benzene rings is 2. The van der Waals surface area contributed by atoms with Crippen LogP contribution in [0.15, 0.2) is 42.6 Å². The van der Waals surface area contributed by atoms with E-state index in [-0.39, 0.29) is 11.7 Å². The molecule has 1 atom stereocenters. The summed E-state index contributed by atoms with van der Waals surface area (Å²) in [6.45, 7) is 6.98. The highest BCUT2D eigenvalue weighted by Crippen LogP contribution is 2.28. The lowest BCUT2D eigenvalue weighted by molar-refractivity contribution is 0.310. The van der Waals surface area contributed by atoms with E-state index in [1.165, 1.54) is 16.8 Å². The van der Waals surface area contributed by atoms with Gasteiger partial charge >= 0.3 is 0 Å². The van der Waals surface area contributed by atoms with Crippen LogP contribution in [-0.4, -0.2) is 23.5 Å². The van der Waals surface area contributed by atoms with Gasteiger partial charge in [0.2, 0.25) is 0 Å². The molecule has 3 aromatic rings. The van der Waals surface area contributed by atoms with E-state index in [2.05, 4.69) is 10.4 Å². The standard InChI is InChI=1S/C22H25F2N3O2/c1-5-29-22-10-16(6-9-21(22)28-4)12-25-14(2)18-13-26-27(15(18)3)20-8-7-17(23)11-19(20)24/h6-11,13-14,25H,5,12H2,1-4H3/t14-/m1/s1. The molecule has 3 rings (SSSR count). The molecule has 1 N–H and O–H groups in total. The third-order valence-corrected chi connectivity index (χ3v) is 4.79. The Labute approximate surface area is 169 Å². The first-order valence-electron chi connectivity index (χ1n) is 9.47. The molecule has 0 unspecified atom stereocenters. The Hall–Kier alpha value is -2.93. The number of hydrogen-bond donors (Lipinski definition) is 1. The first-order valence-corrected chi connectivity index (χ1v) is 9.47. The lowest BCUT2D eigenvalue weighted by atomic mass is 10.1. The minimum absolute atomic E-state index is 0.0232. The molecule has 154 valence electrons. The smallest absolute Gasteiger partial charge is 0.161 e. The number of aromatic nitrogens is 2. The van der Waals surface area contributed by atoms with Crippen LogP contribution >= 0.6 is 0 Å². The summed E-state index contributed by atoms with van der Waals surface area (Å²) >= 11 is 0. The Balaban J connectivity index is 1.74. The predicted molar refractivity (Wildman–Crippen MR) is 108 cm³/mol. The fraction of sp³-hybridized carbons (Fsp3) is 0.318. The normalized spacial score (nSPS) is 12.1. The second-order valence-corrected chi connectivity index (χ2v) is 6.71. The molecular weight excluding hydrogens is 376 g/mol. The molecule has 1 heterocycles. The quantitative estimate of drug-likeness (QED) is 0.594. The van der Waals surface area contributed by atoms with Crippen LogP contribution in [0.3, 0.4) is 0 Å². The van der Waals surface area contributed by atoms with Crippen molar-refractivity contribution in [2.75, 3.05) is 13.7 Å². The highest BCUT2D eigenvalue weighted by Gasteiger charge is 2.16. The van der Waals surface area contributed by atoms with Gasteiger partial charge in [0.15, 0.2) is 17.3 Å². The van der Waals surface area contributed by atoms with E-state index in [1.54, 1.807) is 13.3 Å². The van der Waals surface area contributed by atoms with Crippen molar-refractivity contribution in [3.8, 4) is 17.2 Å². The Morgan fingerprint density at radius 1 is 1.14 bits per heavy atom. The minimum atomic E-state index is -0.648. The van der Waals surface area contributed by atoms with Gasteiger partial charge in [-0.15, -0.1) is 0 Å². The van der Waals surface area contributed by atoms with Crippen LogP contribution in [-0.2, 0) is 6.54 Å². The van der Waals surface area contributed by atoms with E-state index in [9.17, 15) is 8.78 Å². The van der Waals surface area contributed by atoms with Crippen LogP contribution in [0.4, 0.5) is 8.78 Å². The summed E-state index contributed by atoms with van der Waals surface area (Å²) in [5.41, 5.74) is 3.00. The van der Waals surface area contributed by atoms with Gasteiger partial charge < -0.3 is 14.8 Å². The summed E-state index contributed by atoms with van der Waals surface area (Å²) in [6, 6.07) is 9.26. The third-order valence-electron chi connectivity index (χ3n) is 4.79. The summed E-state index contributed by atoms with van der Waals surface area (Å²) in [4.78, 5) is 0. The summed E-state index contributed by atoms with van der Waals surface area (Å²) in [7, 11) is 1.61. The monoisotopic (exact) mass is 401 g/mol. The van der Waals surface area contributed by atoms with Gasteiger partial charge in [0.05, 0.1) is 19.9 Å². The van der Waals surface area contributed by atoms with E-state index in [0.29, 0.717) is 24.7 Å². The molecule has 0 saturated carbocycles. The molecule has 0 aliphatic carbocycles. The van der Waals surface area contributed by atoms with Crippen LogP contribution in [0.1, 0.15) is 36.7 Å². The van der Waals surface area contributed by atoms with E-state index in [1.807, 2.05) is 39.0 Å². The lowest BCUT2D eigenvalue weighted by Crippen LogP contribution is -2.18. The van der Waals surface area contributed by atoms with Crippen LogP contribution in [0.5, 0.6) is 11.5 Å². The summed E-state index contributed by atoms with van der Waals surface area (Å²) in [5, 5.41) is 7.74. The first kappa shape index (κ1) is 20.8. The maximum absolute atomic E-state index is 14.1. The Bertz CT molecular complexity index is 988. The van der Waals surface area contributed by atoms with Gasteiger partial charge in [0.25, 0.3) is 0 Å².